The maximum Gasteiger partial charge on any atom is 0.262 e. The third-order valence-corrected chi connectivity index (χ3v) is 4.10. The molecule has 17 heavy (non-hydrogen) atoms. The van der Waals surface area contributed by atoms with E-state index < -0.39 is 10.0 Å². The number of hydrogen-bond acceptors (Lipinski definition) is 3. The molecule has 0 amide bonds. The van der Waals surface area contributed by atoms with Gasteiger partial charge in [0.25, 0.3) is 10.0 Å². The van der Waals surface area contributed by atoms with Crippen molar-refractivity contribution in [3.8, 4) is 0 Å². The SMILES string of the molecule is Cc1ccc(S(=O)(=O)NC2=NCCCC2)cc1. The summed E-state index contributed by atoms with van der Waals surface area (Å²) in [5, 5.41) is 0. The van der Waals surface area contributed by atoms with Crippen LogP contribution in [-0.4, -0.2) is 20.8 Å². The first kappa shape index (κ1) is 12.1. The molecule has 4 nitrogen and oxygen atoms in total. The van der Waals surface area contributed by atoms with Crippen LogP contribution in [0, 0.1) is 6.92 Å². The summed E-state index contributed by atoms with van der Waals surface area (Å²) in [6.07, 6.45) is 2.75. The van der Waals surface area contributed by atoms with Gasteiger partial charge in [0, 0.05) is 13.0 Å². The van der Waals surface area contributed by atoms with Crippen LogP contribution in [0.25, 0.3) is 0 Å². The number of benzene rings is 1. The molecule has 1 aromatic carbocycles. The fraction of sp³-hybridized carbons (Fsp3) is 0.417. The first-order valence-electron chi connectivity index (χ1n) is 5.71. The molecule has 5 heteroatoms. The number of rotatable bonds is 2. The molecule has 0 spiro atoms. The second kappa shape index (κ2) is 4.87. The highest BCUT2D eigenvalue weighted by molar-refractivity contribution is 7.90. The van der Waals surface area contributed by atoms with Crippen molar-refractivity contribution in [2.75, 3.05) is 6.54 Å². The van der Waals surface area contributed by atoms with Crippen molar-refractivity contribution >= 4 is 15.9 Å². The number of aryl methyl sites for hydroxylation is 1. The molecule has 0 atom stereocenters. The van der Waals surface area contributed by atoms with Crippen molar-refractivity contribution in [1.82, 2.24) is 4.72 Å². The molecule has 0 aromatic heterocycles. The van der Waals surface area contributed by atoms with E-state index in [1.807, 2.05) is 6.92 Å². The highest BCUT2D eigenvalue weighted by atomic mass is 32.2. The fourth-order valence-electron chi connectivity index (χ4n) is 1.71. The summed E-state index contributed by atoms with van der Waals surface area (Å²) in [5.41, 5.74) is 1.04. The maximum atomic E-state index is 12.0. The molecule has 1 N–H and O–H groups in total. The topological polar surface area (TPSA) is 58.5 Å². The Bertz CT molecular complexity index is 518. The summed E-state index contributed by atoms with van der Waals surface area (Å²) in [4.78, 5) is 4.47. The molecule has 1 aromatic rings. The first-order valence-corrected chi connectivity index (χ1v) is 7.19. The van der Waals surface area contributed by atoms with Gasteiger partial charge in [-0.1, -0.05) is 17.7 Å². The van der Waals surface area contributed by atoms with Gasteiger partial charge in [0.1, 0.15) is 5.84 Å². The monoisotopic (exact) mass is 252 g/mol. The Labute approximate surface area is 102 Å². The smallest absolute Gasteiger partial charge is 0.262 e. The van der Waals surface area contributed by atoms with Gasteiger partial charge in [-0.2, -0.15) is 0 Å². The van der Waals surface area contributed by atoms with Crippen molar-refractivity contribution < 1.29 is 8.42 Å². The summed E-state index contributed by atoms with van der Waals surface area (Å²) in [6, 6.07) is 6.80. The van der Waals surface area contributed by atoms with Crippen LogP contribution in [0.5, 0.6) is 0 Å². The van der Waals surface area contributed by atoms with Gasteiger partial charge in [0.2, 0.25) is 0 Å². The lowest BCUT2D eigenvalue weighted by atomic mass is 10.2. The summed E-state index contributed by atoms with van der Waals surface area (Å²) >= 11 is 0. The normalized spacial score (nSPS) is 16.4. The lowest BCUT2D eigenvalue weighted by molar-refractivity contribution is 0.590. The lowest BCUT2D eigenvalue weighted by Crippen LogP contribution is -2.32. The predicted molar refractivity (Wildman–Crippen MR) is 67.7 cm³/mol. The van der Waals surface area contributed by atoms with Gasteiger partial charge in [0.05, 0.1) is 4.90 Å². The molecule has 0 bridgehead atoms. The van der Waals surface area contributed by atoms with Crippen LogP contribution >= 0.6 is 0 Å². The van der Waals surface area contributed by atoms with Gasteiger partial charge in [-0.25, -0.2) is 8.42 Å². The van der Waals surface area contributed by atoms with Gasteiger partial charge in [-0.05, 0) is 31.9 Å². The quantitative estimate of drug-likeness (QED) is 0.873. The number of amidine groups is 1. The van der Waals surface area contributed by atoms with Gasteiger partial charge in [-0.3, -0.25) is 9.71 Å². The third kappa shape index (κ3) is 3.06. The van der Waals surface area contributed by atoms with Crippen molar-refractivity contribution in [2.45, 2.75) is 31.1 Å². The Morgan fingerprint density at radius 2 is 1.88 bits per heavy atom. The van der Waals surface area contributed by atoms with Crippen LogP contribution in [0.3, 0.4) is 0 Å². The van der Waals surface area contributed by atoms with Gasteiger partial charge in [0.15, 0.2) is 0 Å². The third-order valence-electron chi connectivity index (χ3n) is 2.71. The van der Waals surface area contributed by atoms with Crippen LogP contribution in [0.1, 0.15) is 24.8 Å². The Hall–Kier alpha value is -1.36. The molecule has 1 heterocycles. The zero-order valence-electron chi connectivity index (χ0n) is 9.81. The molecule has 1 aliphatic heterocycles. The second-order valence-corrected chi connectivity index (χ2v) is 5.89. The van der Waals surface area contributed by atoms with Gasteiger partial charge >= 0.3 is 0 Å². The van der Waals surface area contributed by atoms with E-state index in [1.165, 1.54) is 0 Å². The number of hydrogen-bond donors (Lipinski definition) is 1. The van der Waals surface area contributed by atoms with E-state index in [-0.39, 0.29) is 4.90 Å². The van der Waals surface area contributed by atoms with Gasteiger partial charge in [-0.15, -0.1) is 0 Å². The van der Waals surface area contributed by atoms with Gasteiger partial charge < -0.3 is 0 Å². The minimum absolute atomic E-state index is 0.288. The predicted octanol–water partition coefficient (Wildman–Crippen LogP) is 1.86. The molecule has 1 aliphatic rings. The molecular weight excluding hydrogens is 236 g/mol. The minimum Gasteiger partial charge on any atom is -0.272 e. The standard InChI is InChI=1S/C12H16N2O2S/c1-10-5-7-11(8-6-10)17(15,16)14-12-4-2-3-9-13-12/h5-8H,2-4,9H2,1H3,(H,13,14). The molecule has 92 valence electrons. The molecule has 0 aliphatic carbocycles. The van der Waals surface area contributed by atoms with Crippen LogP contribution in [0.4, 0.5) is 0 Å². The average Bonchev–Trinajstić information content (AvgIpc) is 2.30. The number of nitrogens with zero attached hydrogens (tertiary/aromatic N) is 1. The average molecular weight is 252 g/mol. The summed E-state index contributed by atoms with van der Waals surface area (Å²) in [6.45, 7) is 2.64. The first-order chi connectivity index (χ1) is 8.08. The van der Waals surface area contributed by atoms with E-state index in [1.54, 1.807) is 24.3 Å². The number of sulfonamides is 1. The van der Waals surface area contributed by atoms with E-state index in [9.17, 15) is 8.42 Å². The highest BCUT2D eigenvalue weighted by Gasteiger charge is 2.16. The maximum absolute atomic E-state index is 12.0. The van der Waals surface area contributed by atoms with Crippen molar-refractivity contribution in [2.24, 2.45) is 4.99 Å². The number of aliphatic imine (C=N–C) groups is 1. The summed E-state index contributed by atoms with van der Waals surface area (Å²) in [5.74, 6) is 0.580. The molecular formula is C12H16N2O2S. The van der Waals surface area contributed by atoms with E-state index in [0.717, 1.165) is 18.4 Å². The summed E-state index contributed by atoms with van der Waals surface area (Å²) in [7, 11) is -3.46. The van der Waals surface area contributed by atoms with Crippen LogP contribution < -0.4 is 4.72 Å². The molecule has 0 radical (unpaired) electrons. The number of nitrogens with one attached hydrogen (secondary N) is 1. The highest BCUT2D eigenvalue weighted by Crippen LogP contribution is 2.12. The lowest BCUT2D eigenvalue weighted by Gasteiger charge is -2.14. The van der Waals surface area contributed by atoms with E-state index in [2.05, 4.69) is 9.71 Å². The van der Waals surface area contributed by atoms with Crippen LogP contribution in [-0.2, 0) is 10.0 Å². The van der Waals surface area contributed by atoms with Crippen molar-refractivity contribution in [1.29, 1.82) is 0 Å². The Balaban J connectivity index is 2.18. The molecule has 2 rings (SSSR count). The largest absolute Gasteiger partial charge is 0.272 e. The van der Waals surface area contributed by atoms with E-state index in [4.69, 9.17) is 0 Å². The van der Waals surface area contributed by atoms with Crippen molar-refractivity contribution in [3.05, 3.63) is 29.8 Å². The molecule has 0 saturated carbocycles. The Morgan fingerprint density at radius 3 is 2.47 bits per heavy atom. The fourth-order valence-corrected chi connectivity index (χ4v) is 2.80. The zero-order valence-corrected chi connectivity index (χ0v) is 10.6. The summed E-state index contributed by atoms with van der Waals surface area (Å²) < 4.78 is 26.6. The molecule has 0 unspecified atom stereocenters. The van der Waals surface area contributed by atoms with Crippen molar-refractivity contribution in [3.63, 3.8) is 0 Å². The second-order valence-electron chi connectivity index (χ2n) is 4.20. The Morgan fingerprint density at radius 1 is 1.18 bits per heavy atom. The Kier molecular flexibility index (Phi) is 3.47. The zero-order chi connectivity index (χ0) is 12.3. The molecule has 0 saturated heterocycles. The van der Waals surface area contributed by atoms with Crippen LogP contribution in [0.2, 0.25) is 0 Å². The van der Waals surface area contributed by atoms with E-state index in [0.29, 0.717) is 18.8 Å². The minimum atomic E-state index is -3.46. The molecule has 0 fully saturated rings. The van der Waals surface area contributed by atoms with Crippen LogP contribution in [0.15, 0.2) is 34.2 Å². The van der Waals surface area contributed by atoms with E-state index >= 15 is 0 Å².